The number of nitrogens with one attached hydrogen (secondary N) is 1. The van der Waals surface area contributed by atoms with Gasteiger partial charge >= 0.3 is 0 Å². The Morgan fingerprint density at radius 2 is 2.00 bits per heavy atom. The maximum atomic E-state index is 13.5. The number of rotatable bonds is 4. The third kappa shape index (κ3) is 3.02. The molecule has 0 aliphatic carbocycles. The maximum Gasteiger partial charge on any atom is 0.127 e. The van der Waals surface area contributed by atoms with E-state index in [9.17, 15) is 8.78 Å². The Morgan fingerprint density at radius 1 is 1.15 bits per heavy atom. The lowest BCUT2D eigenvalue weighted by Crippen LogP contribution is -2.24. The van der Waals surface area contributed by atoms with Gasteiger partial charge in [-0.3, -0.25) is 0 Å². The highest BCUT2D eigenvalue weighted by Gasteiger charge is 2.21. The van der Waals surface area contributed by atoms with Gasteiger partial charge in [-0.15, -0.1) is 11.8 Å². The molecule has 0 spiro atoms. The number of thioether (sulfide) groups is 1. The zero-order chi connectivity index (χ0) is 13.9. The van der Waals surface area contributed by atoms with Crippen molar-refractivity contribution in [2.45, 2.75) is 23.1 Å². The molecule has 3 rings (SSSR count). The van der Waals surface area contributed by atoms with Gasteiger partial charge in [0.2, 0.25) is 0 Å². The molecule has 1 nitrogen and oxygen atoms in total. The molecule has 1 aliphatic heterocycles. The molecule has 2 aromatic carbocycles. The molecule has 104 valence electrons. The number of fused-ring (bicyclic) bond motifs is 1. The lowest BCUT2D eigenvalue weighted by atomic mass is 10.1. The van der Waals surface area contributed by atoms with Gasteiger partial charge in [-0.25, -0.2) is 8.78 Å². The molecule has 1 aliphatic rings. The summed E-state index contributed by atoms with van der Waals surface area (Å²) in [6.45, 7) is 1.15. The smallest absolute Gasteiger partial charge is 0.127 e. The van der Waals surface area contributed by atoms with Crippen molar-refractivity contribution < 1.29 is 8.78 Å². The highest BCUT2D eigenvalue weighted by molar-refractivity contribution is 8.00. The van der Waals surface area contributed by atoms with Gasteiger partial charge in [0.25, 0.3) is 0 Å². The monoisotopic (exact) mass is 291 g/mol. The second-order valence-corrected chi connectivity index (χ2v) is 6.26. The largest absolute Gasteiger partial charge is 0.311 e. The molecule has 1 N–H and O–H groups in total. The summed E-state index contributed by atoms with van der Waals surface area (Å²) in [5, 5.41) is 3.68. The van der Waals surface area contributed by atoms with Crippen LogP contribution in [-0.2, 0) is 13.0 Å². The van der Waals surface area contributed by atoms with Crippen LogP contribution in [0, 0.1) is 11.6 Å². The van der Waals surface area contributed by atoms with Gasteiger partial charge in [-0.1, -0.05) is 18.2 Å². The molecule has 0 amide bonds. The Kier molecular flexibility index (Phi) is 4.03. The van der Waals surface area contributed by atoms with Gasteiger partial charge < -0.3 is 5.32 Å². The van der Waals surface area contributed by atoms with E-state index >= 15 is 0 Å². The van der Waals surface area contributed by atoms with Crippen LogP contribution in [0.3, 0.4) is 0 Å². The minimum atomic E-state index is -0.397. The standard InChI is InChI=1S/C16H15F2NS/c17-13-5-6-15(18)12(7-13)9-19-10-14-8-11-3-1-2-4-16(11)20-14/h1-7,14,19H,8-10H2. The Bertz CT molecular complexity index is 590. The van der Waals surface area contributed by atoms with E-state index in [1.165, 1.54) is 22.6 Å². The van der Waals surface area contributed by atoms with Gasteiger partial charge in [0.1, 0.15) is 11.6 Å². The summed E-state index contributed by atoms with van der Waals surface area (Å²) in [4.78, 5) is 1.33. The third-order valence-electron chi connectivity index (χ3n) is 3.41. The molecule has 0 saturated heterocycles. The van der Waals surface area contributed by atoms with Crippen LogP contribution < -0.4 is 5.32 Å². The summed E-state index contributed by atoms with van der Waals surface area (Å²) < 4.78 is 26.5. The molecule has 0 saturated carbocycles. The topological polar surface area (TPSA) is 12.0 Å². The average Bonchev–Trinajstić information content (AvgIpc) is 2.85. The molecule has 0 aromatic heterocycles. The first-order valence-corrected chi connectivity index (χ1v) is 7.49. The summed E-state index contributed by atoms with van der Waals surface area (Å²) in [5.41, 5.74) is 1.76. The molecule has 0 radical (unpaired) electrons. The van der Waals surface area contributed by atoms with Crippen molar-refractivity contribution in [1.29, 1.82) is 0 Å². The van der Waals surface area contributed by atoms with E-state index in [4.69, 9.17) is 0 Å². The minimum absolute atomic E-state index is 0.358. The molecule has 1 heterocycles. The lowest BCUT2D eigenvalue weighted by Gasteiger charge is -2.10. The predicted molar refractivity (Wildman–Crippen MR) is 77.9 cm³/mol. The van der Waals surface area contributed by atoms with E-state index in [1.807, 2.05) is 17.8 Å². The highest BCUT2D eigenvalue weighted by Crippen LogP contribution is 2.36. The fourth-order valence-electron chi connectivity index (χ4n) is 2.41. The van der Waals surface area contributed by atoms with Crippen molar-refractivity contribution >= 4 is 11.8 Å². The van der Waals surface area contributed by atoms with Gasteiger partial charge in [-0.2, -0.15) is 0 Å². The van der Waals surface area contributed by atoms with Crippen LogP contribution in [0.15, 0.2) is 47.4 Å². The van der Waals surface area contributed by atoms with E-state index in [0.717, 1.165) is 19.0 Å². The summed E-state index contributed by atoms with van der Waals surface area (Å²) >= 11 is 1.85. The lowest BCUT2D eigenvalue weighted by molar-refractivity contribution is 0.567. The number of hydrogen-bond donors (Lipinski definition) is 1. The summed E-state index contributed by atoms with van der Waals surface area (Å²) in [5.74, 6) is -0.757. The fourth-order valence-corrected chi connectivity index (χ4v) is 3.70. The third-order valence-corrected chi connectivity index (χ3v) is 4.73. The van der Waals surface area contributed by atoms with E-state index in [0.29, 0.717) is 17.4 Å². The summed E-state index contributed by atoms with van der Waals surface area (Å²) in [6.07, 6.45) is 1.03. The molecule has 1 unspecified atom stereocenters. The first-order chi connectivity index (χ1) is 9.72. The molecule has 0 fully saturated rings. The van der Waals surface area contributed by atoms with Gasteiger partial charge in [0.05, 0.1) is 0 Å². The van der Waals surface area contributed by atoms with Crippen LogP contribution in [0.4, 0.5) is 8.78 Å². The normalized spacial score (nSPS) is 17.2. The zero-order valence-electron chi connectivity index (χ0n) is 10.9. The molecular formula is C16H15F2NS. The van der Waals surface area contributed by atoms with Crippen molar-refractivity contribution in [2.24, 2.45) is 0 Å². The second kappa shape index (κ2) is 5.94. The number of hydrogen-bond acceptors (Lipinski definition) is 2. The van der Waals surface area contributed by atoms with Crippen LogP contribution in [0.1, 0.15) is 11.1 Å². The molecular weight excluding hydrogens is 276 g/mol. The van der Waals surface area contributed by atoms with E-state index in [2.05, 4.69) is 23.5 Å². The van der Waals surface area contributed by atoms with Crippen LogP contribution in [0.5, 0.6) is 0 Å². The van der Waals surface area contributed by atoms with Crippen molar-refractivity contribution in [3.63, 3.8) is 0 Å². The van der Waals surface area contributed by atoms with Crippen LogP contribution in [0.25, 0.3) is 0 Å². The first-order valence-electron chi connectivity index (χ1n) is 6.61. The average molecular weight is 291 g/mol. The highest BCUT2D eigenvalue weighted by atomic mass is 32.2. The van der Waals surface area contributed by atoms with Crippen LogP contribution in [0.2, 0.25) is 0 Å². The predicted octanol–water partition coefficient (Wildman–Crippen LogP) is 3.77. The van der Waals surface area contributed by atoms with Gasteiger partial charge in [-0.05, 0) is 36.2 Å². The summed E-state index contributed by atoms with van der Waals surface area (Å²) in [7, 11) is 0. The van der Waals surface area contributed by atoms with Gasteiger partial charge in [0.15, 0.2) is 0 Å². The van der Waals surface area contributed by atoms with Gasteiger partial charge in [0, 0.05) is 28.8 Å². The second-order valence-electron chi connectivity index (χ2n) is 4.92. The van der Waals surface area contributed by atoms with Crippen molar-refractivity contribution in [3.05, 3.63) is 65.2 Å². The zero-order valence-corrected chi connectivity index (χ0v) is 11.7. The fraction of sp³-hybridized carbons (Fsp3) is 0.250. The quantitative estimate of drug-likeness (QED) is 0.920. The minimum Gasteiger partial charge on any atom is -0.311 e. The first kappa shape index (κ1) is 13.6. The van der Waals surface area contributed by atoms with E-state index < -0.39 is 5.82 Å². The molecule has 1 atom stereocenters. The Balaban J connectivity index is 1.53. The van der Waals surface area contributed by atoms with Crippen LogP contribution >= 0.6 is 11.8 Å². The Morgan fingerprint density at radius 3 is 2.85 bits per heavy atom. The van der Waals surface area contributed by atoms with E-state index in [-0.39, 0.29) is 5.82 Å². The Labute approximate surface area is 121 Å². The van der Waals surface area contributed by atoms with Crippen molar-refractivity contribution in [1.82, 2.24) is 5.32 Å². The maximum absolute atomic E-state index is 13.5. The number of halogens is 2. The molecule has 4 heteroatoms. The molecule has 2 aromatic rings. The van der Waals surface area contributed by atoms with Crippen LogP contribution in [-0.4, -0.2) is 11.8 Å². The molecule has 20 heavy (non-hydrogen) atoms. The van der Waals surface area contributed by atoms with E-state index in [1.54, 1.807) is 0 Å². The van der Waals surface area contributed by atoms with Crippen molar-refractivity contribution in [3.8, 4) is 0 Å². The Hall–Kier alpha value is -1.39. The van der Waals surface area contributed by atoms with Crippen molar-refractivity contribution in [2.75, 3.05) is 6.54 Å². The molecule has 0 bridgehead atoms. The summed E-state index contributed by atoms with van der Waals surface area (Å²) in [6, 6.07) is 11.9. The number of benzene rings is 2. The SMILES string of the molecule is Fc1ccc(F)c(CNCC2Cc3ccccc3S2)c1.